The van der Waals surface area contributed by atoms with Gasteiger partial charge in [0.1, 0.15) is 11.6 Å². The van der Waals surface area contributed by atoms with E-state index in [9.17, 15) is 23.3 Å². The Kier molecular flexibility index (Phi) is 7.57. The largest absolute Gasteiger partial charge is 0.454 e. The summed E-state index contributed by atoms with van der Waals surface area (Å²) >= 11 is 0. The first-order valence-corrected chi connectivity index (χ1v) is 12.8. The van der Waals surface area contributed by atoms with Crippen LogP contribution < -0.4 is 14.8 Å². The van der Waals surface area contributed by atoms with Gasteiger partial charge in [-0.2, -0.15) is 9.57 Å². The van der Waals surface area contributed by atoms with Gasteiger partial charge in [-0.05, 0) is 61.2 Å². The second-order valence-electron chi connectivity index (χ2n) is 8.35. The summed E-state index contributed by atoms with van der Waals surface area (Å²) < 4.78 is 43.1. The van der Waals surface area contributed by atoms with Crippen LogP contribution in [0.5, 0.6) is 11.5 Å². The van der Waals surface area contributed by atoms with Crippen molar-refractivity contribution in [3.63, 3.8) is 0 Å². The number of ether oxygens (including phenoxy) is 3. The molecular weight excluding hydrogens is 486 g/mol. The van der Waals surface area contributed by atoms with E-state index in [0.717, 1.165) is 19.3 Å². The van der Waals surface area contributed by atoms with E-state index >= 15 is 0 Å². The van der Waals surface area contributed by atoms with Crippen LogP contribution in [0.25, 0.3) is 6.08 Å². The number of carbonyl (C=O) groups excluding carboxylic acids is 2. The summed E-state index contributed by atoms with van der Waals surface area (Å²) in [5.41, 5.74) is 1.05. The third kappa shape index (κ3) is 5.67. The molecule has 0 aliphatic carbocycles. The molecule has 0 saturated carbocycles. The number of hydrogen-bond donors (Lipinski definition) is 1. The van der Waals surface area contributed by atoms with E-state index in [0.29, 0.717) is 35.7 Å². The summed E-state index contributed by atoms with van der Waals surface area (Å²) in [5.74, 6) is -0.585. The maximum atomic E-state index is 13.1. The number of nitrogens with one attached hydrogen (secondary N) is 1. The lowest BCUT2D eigenvalue weighted by Crippen LogP contribution is -2.36. The third-order valence-corrected chi connectivity index (χ3v) is 7.83. The molecule has 0 aromatic heterocycles. The number of sulfonamides is 1. The Balaban J connectivity index is 1.39. The van der Waals surface area contributed by atoms with E-state index in [4.69, 9.17) is 14.2 Å². The highest BCUT2D eigenvalue weighted by Crippen LogP contribution is 2.33. The topological polar surface area (TPSA) is 135 Å². The van der Waals surface area contributed by atoms with E-state index < -0.39 is 28.5 Å². The van der Waals surface area contributed by atoms with E-state index in [1.54, 1.807) is 43.3 Å². The van der Waals surface area contributed by atoms with Crippen molar-refractivity contribution in [1.29, 1.82) is 5.26 Å². The van der Waals surface area contributed by atoms with E-state index in [1.165, 1.54) is 16.4 Å². The van der Waals surface area contributed by atoms with Gasteiger partial charge in [-0.3, -0.25) is 4.79 Å². The molecule has 1 fully saturated rings. The van der Waals surface area contributed by atoms with Gasteiger partial charge in [-0.15, -0.1) is 0 Å². The molecule has 0 atom stereocenters. The van der Waals surface area contributed by atoms with Gasteiger partial charge in [-0.1, -0.05) is 18.6 Å². The number of piperidine rings is 1. The molecule has 1 amide bonds. The highest BCUT2D eigenvalue weighted by molar-refractivity contribution is 7.89. The first-order valence-electron chi connectivity index (χ1n) is 11.4. The first-order chi connectivity index (χ1) is 17.3. The van der Waals surface area contributed by atoms with Crippen molar-refractivity contribution in [2.75, 3.05) is 31.8 Å². The number of rotatable bonds is 7. The van der Waals surface area contributed by atoms with Crippen LogP contribution in [0.2, 0.25) is 0 Å². The summed E-state index contributed by atoms with van der Waals surface area (Å²) in [5, 5.41) is 11.9. The second-order valence-corrected chi connectivity index (χ2v) is 10.3. The number of carbonyl (C=O) groups is 2. The highest BCUT2D eigenvalue weighted by atomic mass is 32.2. The van der Waals surface area contributed by atoms with Crippen LogP contribution in [-0.4, -0.2) is 51.1 Å². The zero-order chi connectivity index (χ0) is 25.7. The number of nitrogens with zero attached hydrogens (tertiary/aromatic N) is 2. The molecule has 2 heterocycles. The first kappa shape index (κ1) is 25.2. The molecule has 2 aromatic rings. The van der Waals surface area contributed by atoms with Crippen molar-refractivity contribution >= 4 is 33.7 Å². The molecule has 11 heteroatoms. The van der Waals surface area contributed by atoms with Gasteiger partial charge in [0.2, 0.25) is 16.8 Å². The molecule has 0 bridgehead atoms. The lowest BCUT2D eigenvalue weighted by Gasteiger charge is -2.26. The molecule has 2 aromatic carbocycles. The Hall–Kier alpha value is -3.88. The third-order valence-electron chi connectivity index (χ3n) is 5.79. The van der Waals surface area contributed by atoms with Crippen LogP contribution in [0.4, 0.5) is 5.69 Å². The minimum Gasteiger partial charge on any atom is -0.454 e. The zero-order valence-electron chi connectivity index (χ0n) is 19.7. The van der Waals surface area contributed by atoms with Crippen molar-refractivity contribution in [3.05, 3.63) is 53.1 Å². The molecule has 4 rings (SSSR count). The van der Waals surface area contributed by atoms with Gasteiger partial charge < -0.3 is 19.5 Å². The quantitative estimate of drug-likeness (QED) is 0.341. The van der Waals surface area contributed by atoms with Crippen LogP contribution in [0.15, 0.2) is 46.9 Å². The number of amides is 1. The molecule has 0 unspecified atom stereocenters. The summed E-state index contributed by atoms with van der Waals surface area (Å²) in [6.45, 7) is 2.07. The number of anilines is 1. The fourth-order valence-corrected chi connectivity index (χ4v) is 5.68. The average molecular weight is 512 g/mol. The summed E-state index contributed by atoms with van der Waals surface area (Å²) in [6.07, 6.45) is 3.95. The summed E-state index contributed by atoms with van der Waals surface area (Å²) in [6, 6.07) is 11.3. The standard InChI is InChI=1S/C25H25N3O7S/c1-17-5-7-20(13-23(17)36(31,32)28-9-3-2-4-10-28)27-24(29)15-33-25(30)19(14-26)11-18-6-8-21-22(12-18)35-16-34-21/h5-8,11-13H,2-4,9-10,15-16H2,1H3,(H,27,29). The fraction of sp³-hybridized carbons (Fsp3) is 0.320. The molecular formula is C25H25N3O7S. The molecule has 10 nitrogen and oxygen atoms in total. The Labute approximate surface area is 209 Å². The lowest BCUT2D eigenvalue weighted by atomic mass is 10.1. The van der Waals surface area contributed by atoms with Crippen molar-refractivity contribution in [1.82, 2.24) is 4.31 Å². The van der Waals surface area contributed by atoms with Crippen molar-refractivity contribution in [2.45, 2.75) is 31.1 Å². The minimum absolute atomic E-state index is 0.0947. The van der Waals surface area contributed by atoms with Crippen molar-refractivity contribution in [2.24, 2.45) is 0 Å². The molecule has 36 heavy (non-hydrogen) atoms. The monoisotopic (exact) mass is 511 g/mol. The predicted molar refractivity (Wildman–Crippen MR) is 130 cm³/mol. The second kappa shape index (κ2) is 10.8. The van der Waals surface area contributed by atoms with Gasteiger partial charge in [0.25, 0.3) is 5.91 Å². The smallest absolute Gasteiger partial charge is 0.349 e. The SMILES string of the molecule is Cc1ccc(NC(=O)COC(=O)C(C#N)=Cc2ccc3c(c2)OCO3)cc1S(=O)(=O)N1CCCCC1. The van der Waals surface area contributed by atoms with Crippen molar-refractivity contribution in [3.8, 4) is 17.6 Å². The summed E-state index contributed by atoms with van der Waals surface area (Å²) in [7, 11) is -3.69. The molecule has 1 N–H and O–H groups in total. The molecule has 188 valence electrons. The molecule has 2 aliphatic heterocycles. The Morgan fingerprint density at radius 3 is 2.61 bits per heavy atom. The number of esters is 1. The lowest BCUT2D eigenvalue weighted by molar-refractivity contribution is -0.142. The number of nitriles is 1. The van der Waals surface area contributed by atoms with Crippen LogP contribution in [0.1, 0.15) is 30.4 Å². The number of fused-ring (bicyclic) bond motifs is 1. The molecule has 2 aliphatic rings. The van der Waals surface area contributed by atoms with E-state index in [-0.39, 0.29) is 22.9 Å². The Morgan fingerprint density at radius 2 is 1.86 bits per heavy atom. The number of benzene rings is 2. The van der Waals surface area contributed by atoms with Gasteiger partial charge in [-0.25, -0.2) is 13.2 Å². The van der Waals surface area contributed by atoms with Gasteiger partial charge in [0.15, 0.2) is 18.1 Å². The maximum Gasteiger partial charge on any atom is 0.349 e. The number of hydrogen-bond acceptors (Lipinski definition) is 8. The zero-order valence-corrected chi connectivity index (χ0v) is 20.5. The normalized spacial score (nSPS) is 15.7. The van der Waals surface area contributed by atoms with Crippen LogP contribution >= 0.6 is 0 Å². The molecule has 1 saturated heterocycles. The number of aryl methyl sites for hydroxylation is 1. The van der Waals surface area contributed by atoms with Gasteiger partial charge in [0, 0.05) is 18.8 Å². The maximum absolute atomic E-state index is 13.1. The van der Waals surface area contributed by atoms with Crippen LogP contribution in [0.3, 0.4) is 0 Å². The predicted octanol–water partition coefficient (Wildman–Crippen LogP) is 2.99. The fourth-order valence-electron chi connectivity index (χ4n) is 3.91. The van der Waals surface area contributed by atoms with Crippen molar-refractivity contribution < 1.29 is 32.2 Å². The summed E-state index contributed by atoms with van der Waals surface area (Å²) in [4.78, 5) is 24.8. The minimum atomic E-state index is -3.69. The van der Waals surface area contributed by atoms with Gasteiger partial charge >= 0.3 is 5.97 Å². The van der Waals surface area contributed by atoms with Crippen LogP contribution in [-0.2, 0) is 24.3 Å². The molecule has 0 radical (unpaired) electrons. The Morgan fingerprint density at radius 1 is 1.11 bits per heavy atom. The molecule has 0 spiro atoms. The van der Waals surface area contributed by atoms with Crippen LogP contribution in [0, 0.1) is 18.3 Å². The Bertz CT molecular complexity index is 1360. The van der Waals surface area contributed by atoms with E-state index in [1.807, 2.05) is 0 Å². The van der Waals surface area contributed by atoms with Gasteiger partial charge in [0.05, 0.1) is 4.90 Å². The van der Waals surface area contributed by atoms with E-state index in [2.05, 4.69) is 5.32 Å². The average Bonchev–Trinajstić information content (AvgIpc) is 3.35. The highest BCUT2D eigenvalue weighted by Gasteiger charge is 2.27.